The number of hydrogen-bond acceptors (Lipinski definition) is 4. The molecule has 1 amide bonds. The van der Waals surface area contributed by atoms with Gasteiger partial charge in [-0.2, -0.15) is 5.10 Å². The van der Waals surface area contributed by atoms with Crippen LogP contribution in [0.2, 0.25) is 0 Å². The van der Waals surface area contributed by atoms with E-state index in [1.165, 1.54) is 0 Å². The van der Waals surface area contributed by atoms with Crippen LogP contribution in [-0.4, -0.2) is 46.0 Å². The summed E-state index contributed by atoms with van der Waals surface area (Å²) in [6, 6.07) is -0.0164. The summed E-state index contributed by atoms with van der Waals surface area (Å²) in [5.41, 5.74) is 0.558. The minimum absolute atomic E-state index is 0.0164. The highest BCUT2D eigenvalue weighted by molar-refractivity contribution is 5.69. The fraction of sp³-hybridized carbons (Fsp3) is 0.692. The second kappa shape index (κ2) is 5.21. The average molecular weight is 266 g/mol. The first kappa shape index (κ1) is 13.9. The van der Waals surface area contributed by atoms with Gasteiger partial charge in [-0.05, 0) is 20.8 Å². The third-order valence-electron chi connectivity index (χ3n) is 2.98. The normalized spacial score (nSPS) is 20.4. The van der Waals surface area contributed by atoms with E-state index in [1.54, 1.807) is 15.8 Å². The quantitative estimate of drug-likeness (QED) is 0.832. The molecule has 6 nitrogen and oxygen atoms in total. The number of carbonyl (C=O) groups is 1. The molecule has 0 aromatic carbocycles. The van der Waals surface area contributed by atoms with E-state index in [-0.39, 0.29) is 12.1 Å². The molecule has 0 aliphatic carbocycles. The topological polar surface area (TPSA) is 59.4 Å². The lowest BCUT2D eigenvalue weighted by Gasteiger charge is -2.36. The van der Waals surface area contributed by atoms with Crippen LogP contribution in [0.4, 0.5) is 4.79 Å². The number of ether oxygens (including phenoxy) is 1. The van der Waals surface area contributed by atoms with E-state index in [4.69, 9.17) is 4.74 Å². The molecular weight excluding hydrogens is 244 g/mol. The van der Waals surface area contributed by atoms with Crippen LogP contribution in [-0.2, 0) is 11.8 Å². The van der Waals surface area contributed by atoms with E-state index < -0.39 is 5.60 Å². The predicted octanol–water partition coefficient (Wildman–Crippen LogP) is 1.30. The molecule has 1 atom stereocenters. The summed E-state index contributed by atoms with van der Waals surface area (Å²) >= 11 is 0. The van der Waals surface area contributed by atoms with Crippen molar-refractivity contribution < 1.29 is 9.53 Å². The monoisotopic (exact) mass is 266 g/mol. The summed E-state index contributed by atoms with van der Waals surface area (Å²) < 4.78 is 7.21. The van der Waals surface area contributed by atoms with Crippen molar-refractivity contribution in [3.63, 3.8) is 0 Å². The molecule has 1 N–H and O–H groups in total. The lowest BCUT2D eigenvalue weighted by atomic mass is 10.1. The van der Waals surface area contributed by atoms with Crippen molar-refractivity contribution >= 4 is 6.09 Å². The van der Waals surface area contributed by atoms with Gasteiger partial charge in [-0.15, -0.1) is 0 Å². The smallest absolute Gasteiger partial charge is 0.410 e. The van der Waals surface area contributed by atoms with Gasteiger partial charge in [-0.3, -0.25) is 9.58 Å². The van der Waals surface area contributed by atoms with E-state index >= 15 is 0 Å². The Morgan fingerprint density at radius 3 is 2.84 bits per heavy atom. The van der Waals surface area contributed by atoms with Crippen molar-refractivity contribution in [3.8, 4) is 0 Å². The number of aryl methyl sites for hydroxylation is 1. The van der Waals surface area contributed by atoms with E-state index in [9.17, 15) is 4.79 Å². The zero-order chi connectivity index (χ0) is 14.0. The van der Waals surface area contributed by atoms with Crippen molar-refractivity contribution in [2.75, 3.05) is 19.6 Å². The fourth-order valence-corrected chi connectivity index (χ4v) is 2.15. The zero-order valence-electron chi connectivity index (χ0n) is 12.0. The van der Waals surface area contributed by atoms with E-state index in [2.05, 4.69) is 10.4 Å². The van der Waals surface area contributed by atoms with Gasteiger partial charge in [0.25, 0.3) is 0 Å². The fourth-order valence-electron chi connectivity index (χ4n) is 2.15. The lowest BCUT2D eigenvalue weighted by Crippen LogP contribution is -2.50. The maximum atomic E-state index is 12.3. The van der Waals surface area contributed by atoms with Gasteiger partial charge < -0.3 is 10.1 Å². The van der Waals surface area contributed by atoms with Gasteiger partial charge in [0, 0.05) is 38.4 Å². The number of piperazine rings is 1. The zero-order valence-corrected chi connectivity index (χ0v) is 12.0. The lowest BCUT2D eigenvalue weighted by molar-refractivity contribution is 0.0118. The Labute approximate surface area is 113 Å². The van der Waals surface area contributed by atoms with Gasteiger partial charge >= 0.3 is 6.09 Å². The second-order valence-corrected chi connectivity index (χ2v) is 5.84. The Morgan fingerprint density at radius 2 is 2.26 bits per heavy atom. The molecule has 1 aliphatic heterocycles. The first-order valence-electron chi connectivity index (χ1n) is 6.56. The van der Waals surface area contributed by atoms with E-state index in [1.807, 2.05) is 34.0 Å². The molecule has 1 fully saturated rings. The average Bonchev–Trinajstić information content (AvgIpc) is 2.73. The molecule has 6 heteroatoms. The van der Waals surface area contributed by atoms with Crippen LogP contribution >= 0.6 is 0 Å². The minimum Gasteiger partial charge on any atom is -0.444 e. The van der Waals surface area contributed by atoms with E-state index in [0.717, 1.165) is 18.7 Å². The van der Waals surface area contributed by atoms with Crippen molar-refractivity contribution in [2.45, 2.75) is 32.4 Å². The summed E-state index contributed by atoms with van der Waals surface area (Å²) in [4.78, 5) is 14.0. The minimum atomic E-state index is -0.471. The number of nitrogens with one attached hydrogen (secondary N) is 1. The molecule has 0 bridgehead atoms. The predicted molar refractivity (Wildman–Crippen MR) is 71.8 cm³/mol. The highest BCUT2D eigenvalue weighted by atomic mass is 16.6. The van der Waals surface area contributed by atoms with Crippen LogP contribution in [0, 0.1) is 0 Å². The Hall–Kier alpha value is -1.56. The Morgan fingerprint density at radius 1 is 1.53 bits per heavy atom. The Balaban J connectivity index is 2.14. The highest BCUT2D eigenvalue weighted by Crippen LogP contribution is 2.23. The number of rotatable bonds is 1. The Bertz CT molecular complexity index is 450. The van der Waals surface area contributed by atoms with Gasteiger partial charge in [0.2, 0.25) is 0 Å². The summed E-state index contributed by atoms with van der Waals surface area (Å²) in [6.07, 6.45) is 3.48. The first-order chi connectivity index (χ1) is 8.87. The third kappa shape index (κ3) is 3.47. The molecule has 2 heterocycles. The van der Waals surface area contributed by atoms with Crippen LogP contribution in [0.5, 0.6) is 0 Å². The number of nitrogens with zero attached hydrogens (tertiary/aromatic N) is 3. The number of aromatic nitrogens is 2. The standard InChI is InChI=1S/C13H22N4O2/c1-13(2,3)19-12(18)17-6-5-14-8-11(17)10-7-15-16(4)9-10/h7,9,11,14H,5-6,8H2,1-4H3. The highest BCUT2D eigenvalue weighted by Gasteiger charge is 2.31. The molecule has 0 saturated carbocycles. The maximum absolute atomic E-state index is 12.3. The van der Waals surface area contributed by atoms with Gasteiger partial charge in [-0.25, -0.2) is 4.79 Å². The van der Waals surface area contributed by atoms with Gasteiger partial charge in [0.15, 0.2) is 0 Å². The molecule has 1 unspecified atom stereocenters. The largest absolute Gasteiger partial charge is 0.444 e. The van der Waals surface area contributed by atoms with Crippen LogP contribution in [0.1, 0.15) is 32.4 Å². The summed E-state index contributed by atoms with van der Waals surface area (Å²) in [7, 11) is 1.87. The molecule has 1 aromatic rings. The van der Waals surface area contributed by atoms with Crippen LogP contribution in [0.3, 0.4) is 0 Å². The molecule has 0 spiro atoms. The molecular formula is C13H22N4O2. The number of hydrogen-bond donors (Lipinski definition) is 1. The van der Waals surface area contributed by atoms with Crippen molar-refractivity contribution in [2.24, 2.45) is 7.05 Å². The summed E-state index contributed by atoms with van der Waals surface area (Å²) in [5.74, 6) is 0. The molecule has 106 valence electrons. The summed E-state index contributed by atoms with van der Waals surface area (Å²) in [6.45, 7) is 7.81. The third-order valence-corrected chi connectivity index (χ3v) is 2.98. The molecule has 2 rings (SSSR count). The molecule has 19 heavy (non-hydrogen) atoms. The molecule has 1 aromatic heterocycles. The first-order valence-corrected chi connectivity index (χ1v) is 6.56. The SMILES string of the molecule is Cn1cc(C2CNCCN2C(=O)OC(C)(C)C)cn1. The van der Waals surface area contributed by atoms with Crippen molar-refractivity contribution in [1.82, 2.24) is 20.0 Å². The number of amides is 1. The maximum Gasteiger partial charge on any atom is 0.410 e. The molecule has 0 radical (unpaired) electrons. The van der Waals surface area contributed by atoms with Gasteiger partial charge in [0.1, 0.15) is 5.60 Å². The van der Waals surface area contributed by atoms with Gasteiger partial charge in [-0.1, -0.05) is 0 Å². The van der Waals surface area contributed by atoms with E-state index in [0.29, 0.717) is 6.54 Å². The van der Waals surface area contributed by atoms with Gasteiger partial charge in [0.05, 0.1) is 12.2 Å². The van der Waals surface area contributed by atoms with Crippen molar-refractivity contribution in [3.05, 3.63) is 18.0 Å². The Kier molecular flexibility index (Phi) is 3.80. The number of carbonyl (C=O) groups excluding carboxylic acids is 1. The molecule has 1 saturated heterocycles. The second-order valence-electron chi connectivity index (χ2n) is 5.84. The van der Waals surface area contributed by atoms with Crippen LogP contribution < -0.4 is 5.32 Å². The summed E-state index contributed by atoms with van der Waals surface area (Å²) in [5, 5.41) is 7.47. The van der Waals surface area contributed by atoms with Crippen molar-refractivity contribution in [1.29, 1.82) is 0 Å². The van der Waals surface area contributed by atoms with Crippen LogP contribution in [0.15, 0.2) is 12.4 Å². The molecule has 1 aliphatic rings. The van der Waals surface area contributed by atoms with Crippen LogP contribution in [0.25, 0.3) is 0 Å².